The summed E-state index contributed by atoms with van der Waals surface area (Å²) in [4.78, 5) is 28.0. The first-order chi connectivity index (χ1) is 15.5. The molecule has 0 saturated carbocycles. The monoisotopic (exact) mass is 448 g/mol. The van der Waals surface area contributed by atoms with Crippen LogP contribution in [0.3, 0.4) is 0 Å². The van der Waals surface area contributed by atoms with Crippen molar-refractivity contribution in [1.29, 1.82) is 0 Å². The van der Waals surface area contributed by atoms with E-state index in [1.54, 1.807) is 61.7 Å². The van der Waals surface area contributed by atoms with Gasteiger partial charge in [-0.05, 0) is 61.0 Å². The van der Waals surface area contributed by atoms with E-state index in [-0.39, 0.29) is 11.3 Å². The van der Waals surface area contributed by atoms with E-state index in [1.807, 2.05) is 25.1 Å². The SMILES string of the molecule is CCOc1cccc(NC2=C(c3ccc(OC)cc3)C(=O)N(c3ccc(Cl)cc3)C2=O)c1. The van der Waals surface area contributed by atoms with Gasteiger partial charge in [-0.15, -0.1) is 0 Å². The average Bonchev–Trinajstić information content (AvgIpc) is 3.04. The minimum absolute atomic E-state index is 0.184. The number of halogens is 1. The van der Waals surface area contributed by atoms with E-state index in [4.69, 9.17) is 21.1 Å². The van der Waals surface area contributed by atoms with Gasteiger partial charge in [-0.1, -0.05) is 29.8 Å². The maximum atomic E-state index is 13.4. The Morgan fingerprint density at radius 2 is 1.62 bits per heavy atom. The predicted octanol–water partition coefficient (Wildman–Crippen LogP) is 5.14. The fourth-order valence-electron chi connectivity index (χ4n) is 3.47. The molecule has 3 aromatic rings. The lowest BCUT2D eigenvalue weighted by molar-refractivity contribution is -0.120. The third-order valence-corrected chi connectivity index (χ3v) is 5.21. The summed E-state index contributed by atoms with van der Waals surface area (Å²) in [6.45, 7) is 2.42. The predicted molar refractivity (Wildman–Crippen MR) is 125 cm³/mol. The van der Waals surface area contributed by atoms with Crippen molar-refractivity contribution in [3.8, 4) is 11.5 Å². The molecule has 0 aromatic heterocycles. The standard InChI is InChI=1S/C25H21ClN2O4/c1-3-32-21-6-4-5-18(15-21)27-23-22(16-7-13-20(31-2)14-8-16)24(29)28(25(23)30)19-11-9-17(26)10-12-19/h4-15,27H,3H2,1-2H3. The number of carbonyl (C=O) groups excluding carboxylic acids is 2. The Labute approximate surface area is 191 Å². The van der Waals surface area contributed by atoms with E-state index < -0.39 is 11.8 Å². The van der Waals surface area contributed by atoms with Crippen molar-refractivity contribution in [1.82, 2.24) is 0 Å². The second kappa shape index (κ2) is 9.16. The Balaban J connectivity index is 1.78. The van der Waals surface area contributed by atoms with Crippen molar-refractivity contribution in [3.05, 3.63) is 89.1 Å². The summed E-state index contributed by atoms with van der Waals surface area (Å²) in [7, 11) is 1.57. The summed E-state index contributed by atoms with van der Waals surface area (Å²) in [5.74, 6) is 0.436. The van der Waals surface area contributed by atoms with Gasteiger partial charge in [-0.3, -0.25) is 9.59 Å². The van der Waals surface area contributed by atoms with Crippen LogP contribution in [0.4, 0.5) is 11.4 Å². The average molecular weight is 449 g/mol. The Morgan fingerprint density at radius 1 is 0.906 bits per heavy atom. The zero-order chi connectivity index (χ0) is 22.7. The number of imide groups is 1. The van der Waals surface area contributed by atoms with Crippen LogP contribution in [-0.4, -0.2) is 25.5 Å². The lowest BCUT2D eigenvalue weighted by atomic mass is 10.0. The first-order valence-corrected chi connectivity index (χ1v) is 10.4. The van der Waals surface area contributed by atoms with Crippen LogP contribution in [-0.2, 0) is 9.59 Å². The van der Waals surface area contributed by atoms with Crippen molar-refractivity contribution < 1.29 is 19.1 Å². The van der Waals surface area contributed by atoms with Crippen molar-refractivity contribution in [3.63, 3.8) is 0 Å². The number of anilines is 2. The van der Waals surface area contributed by atoms with Crippen LogP contribution in [0.15, 0.2) is 78.5 Å². The Bertz CT molecular complexity index is 1190. The molecule has 3 aromatic carbocycles. The molecule has 0 saturated heterocycles. The Kier molecular flexibility index (Phi) is 6.14. The zero-order valence-corrected chi connectivity index (χ0v) is 18.3. The number of benzene rings is 3. The number of hydrogen-bond acceptors (Lipinski definition) is 5. The van der Waals surface area contributed by atoms with E-state index in [0.29, 0.717) is 40.1 Å². The summed E-state index contributed by atoms with van der Waals surface area (Å²) in [5, 5.41) is 3.65. The number of carbonyl (C=O) groups is 2. The van der Waals surface area contributed by atoms with Gasteiger partial charge in [0.05, 0.1) is 25.0 Å². The first kappa shape index (κ1) is 21.5. The molecule has 7 heteroatoms. The lowest BCUT2D eigenvalue weighted by Gasteiger charge is -2.15. The summed E-state index contributed by atoms with van der Waals surface area (Å²) in [6, 6.07) is 20.8. The second-order valence-electron chi connectivity index (χ2n) is 6.99. The molecule has 2 amide bonds. The van der Waals surface area contributed by atoms with Crippen LogP contribution in [0.5, 0.6) is 11.5 Å². The smallest absolute Gasteiger partial charge is 0.282 e. The molecule has 1 heterocycles. The molecule has 0 aliphatic carbocycles. The van der Waals surface area contributed by atoms with E-state index >= 15 is 0 Å². The van der Waals surface area contributed by atoms with Gasteiger partial charge in [0.1, 0.15) is 17.2 Å². The Morgan fingerprint density at radius 3 is 2.28 bits per heavy atom. The highest BCUT2D eigenvalue weighted by molar-refractivity contribution is 6.46. The fourth-order valence-corrected chi connectivity index (χ4v) is 3.60. The molecule has 1 N–H and O–H groups in total. The van der Waals surface area contributed by atoms with Gasteiger partial charge in [0.2, 0.25) is 0 Å². The van der Waals surface area contributed by atoms with E-state index in [9.17, 15) is 9.59 Å². The molecule has 0 bridgehead atoms. The number of amides is 2. The van der Waals surface area contributed by atoms with E-state index in [0.717, 1.165) is 4.90 Å². The molecule has 0 unspecified atom stereocenters. The summed E-state index contributed by atoms with van der Waals surface area (Å²) >= 11 is 5.99. The maximum Gasteiger partial charge on any atom is 0.282 e. The van der Waals surface area contributed by atoms with Gasteiger partial charge >= 0.3 is 0 Å². The normalized spacial score (nSPS) is 13.5. The van der Waals surface area contributed by atoms with Gasteiger partial charge in [0.15, 0.2) is 0 Å². The zero-order valence-electron chi connectivity index (χ0n) is 17.6. The molecule has 6 nitrogen and oxygen atoms in total. The number of nitrogens with zero attached hydrogens (tertiary/aromatic N) is 1. The summed E-state index contributed by atoms with van der Waals surface area (Å²) in [6.07, 6.45) is 0. The molecule has 1 aliphatic heterocycles. The second-order valence-corrected chi connectivity index (χ2v) is 7.42. The van der Waals surface area contributed by atoms with Crippen LogP contribution in [0, 0.1) is 0 Å². The molecular formula is C25H21ClN2O4. The number of ether oxygens (including phenoxy) is 2. The van der Waals surface area contributed by atoms with Crippen LogP contribution in [0.2, 0.25) is 5.02 Å². The largest absolute Gasteiger partial charge is 0.497 e. The number of hydrogen-bond donors (Lipinski definition) is 1. The molecule has 0 atom stereocenters. The molecular weight excluding hydrogens is 428 g/mol. The van der Waals surface area contributed by atoms with E-state index in [2.05, 4.69) is 5.32 Å². The van der Waals surface area contributed by atoms with Crippen molar-refractivity contribution in [2.75, 3.05) is 23.9 Å². The van der Waals surface area contributed by atoms with Gasteiger partial charge in [-0.2, -0.15) is 0 Å². The van der Waals surface area contributed by atoms with Gasteiger partial charge < -0.3 is 14.8 Å². The molecule has 4 rings (SSSR count). The molecule has 0 fully saturated rings. The third kappa shape index (κ3) is 4.18. The van der Waals surface area contributed by atoms with Crippen molar-refractivity contribution in [2.45, 2.75) is 6.92 Å². The summed E-state index contributed by atoms with van der Waals surface area (Å²) in [5.41, 5.74) is 2.13. The highest BCUT2D eigenvalue weighted by Crippen LogP contribution is 2.35. The topological polar surface area (TPSA) is 67.9 Å². The molecule has 32 heavy (non-hydrogen) atoms. The van der Waals surface area contributed by atoms with Crippen LogP contribution < -0.4 is 19.7 Å². The van der Waals surface area contributed by atoms with Gasteiger partial charge in [0, 0.05) is 16.8 Å². The van der Waals surface area contributed by atoms with Crippen LogP contribution in [0.25, 0.3) is 5.57 Å². The minimum Gasteiger partial charge on any atom is -0.497 e. The van der Waals surface area contributed by atoms with Gasteiger partial charge in [-0.25, -0.2) is 4.90 Å². The third-order valence-electron chi connectivity index (χ3n) is 4.96. The van der Waals surface area contributed by atoms with Crippen LogP contribution in [0.1, 0.15) is 12.5 Å². The first-order valence-electron chi connectivity index (χ1n) is 10.0. The van der Waals surface area contributed by atoms with Crippen molar-refractivity contribution >= 4 is 40.4 Å². The molecule has 1 aliphatic rings. The highest BCUT2D eigenvalue weighted by atomic mass is 35.5. The Hall–Kier alpha value is -3.77. The van der Waals surface area contributed by atoms with Crippen LogP contribution >= 0.6 is 11.6 Å². The highest BCUT2D eigenvalue weighted by Gasteiger charge is 2.40. The lowest BCUT2D eigenvalue weighted by Crippen LogP contribution is -2.32. The number of rotatable bonds is 7. The fraction of sp³-hybridized carbons (Fsp3) is 0.120. The minimum atomic E-state index is -0.454. The molecule has 162 valence electrons. The molecule has 0 radical (unpaired) electrons. The quantitative estimate of drug-likeness (QED) is 0.506. The van der Waals surface area contributed by atoms with Gasteiger partial charge in [0.25, 0.3) is 11.8 Å². The molecule has 0 spiro atoms. The summed E-state index contributed by atoms with van der Waals surface area (Å²) < 4.78 is 10.8. The number of nitrogens with one attached hydrogen (secondary N) is 1. The maximum absolute atomic E-state index is 13.4. The number of methoxy groups -OCH3 is 1. The van der Waals surface area contributed by atoms with E-state index in [1.165, 1.54) is 0 Å². The van der Waals surface area contributed by atoms with Crippen molar-refractivity contribution in [2.24, 2.45) is 0 Å².